The number of aliphatic hydroxyl groups is 1. The summed E-state index contributed by atoms with van der Waals surface area (Å²) < 4.78 is 5.68. The Bertz CT molecular complexity index is 438. The maximum Gasteiger partial charge on any atom is 0.127 e. The molecule has 1 aromatic rings. The number of fused-ring (bicyclic) bond motifs is 1. The Balaban J connectivity index is 2.04. The molecule has 2 atom stereocenters. The highest BCUT2D eigenvalue weighted by Gasteiger charge is 2.19. The van der Waals surface area contributed by atoms with Crippen LogP contribution in [0.2, 0.25) is 5.02 Å². The second kappa shape index (κ2) is 6.84. The van der Waals surface area contributed by atoms with E-state index in [9.17, 15) is 5.11 Å². The van der Waals surface area contributed by atoms with E-state index in [0.29, 0.717) is 6.54 Å². The highest BCUT2D eigenvalue weighted by Crippen LogP contribution is 2.32. The minimum atomic E-state index is 0.180. The lowest BCUT2D eigenvalue weighted by Crippen LogP contribution is -2.37. The van der Waals surface area contributed by atoms with Crippen LogP contribution in [0, 0.1) is 0 Å². The van der Waals surface area contributed by atoms with Gasteiger partial charge in [0, 0.05) is 34.8 Å². The molecule has 0 radical (unpaired) electrons. The summed E-state index contributed by atoms with van der Waals surface area (Å²) in [4.78, 5) is 0. The van der Waals surface area contributed by atoms with Crippen molar-refractivity contribution >= 4 is 23.4 Å². The van der Waals surface area contributed by atoms with Crippen LogP contribution in [-0.2, 0) is 13.0 Å². The molecule has 2 N–H and O–H groups in total. The third-order valence-corrected chi connectivity index (χ3v) is 4.86. The van der Waals surface area contributed by atoms with Gasteiger partial charge in [0.1, 0.15) is 5.75 Å². The number of nitrogens with one attached hydrogen (secondary N) is 1. The van der Waals surface area contributed by atoms with Crippen LogP contribution in [0.3, 0.4) is 0 Å². The first-order valence-corrected chi connectivity index (χ1v) is 8.13. The Morgan fingerprint density at radius 2 is 2.32 bits per heavy atom. The highest BCUT2D eigenvalue weighted by atomic mass is 35.5. The summed E-state index contributed by atoms with van der Waals surface area (Å²) in [7, 11) is 0. The van der Waals surface area contributed by atoms with Crippen molar-refractivity contribution < 1.29 is 9.84 Å². The van der Waals surface area contributed by atoms with Crippen molar-refractivity contribution in [2.75, 3.05) is 19.5 Å². The average molecular weight is 302 g/mol. The van der Waals surface area contributed by atoms with Gasteiger partial charge in [0.2, 0.25) is 0 Å². The largest absolute Gasteiger partial charge is 0.493 e. The molecule has 0 spiro atoms. The van der Waals surface area contributed by atoms with Crippen molar-refractivity contribution in [1.29, 1.82) is 0 Å². The van der Waals surface area contributed by atoms with E-state index < -0.39 is 0 Å². The smallest absolute Gasteiger partial charge is 0.127 e. The van der Waals surface area contributed by atoms with Crippen molar-refractivity contribution in [3.8, 4) is 5.75 Å². The van der Waals surface area contributed by atoms with Gasteiger partial charge < -0.3 is 15.2 Å². The lowest BCUT2D eigenvalue weighted by molar-refractivity contribution is 0.275. The number of ether oxygens (including phenoxy) is 1. The molecule has 1 aliphatic rings. The summed E-state index contributed by atoms with van der Waals surface area (Å²) in [6.45, 7) is 3.71. The van der Waals surface area contributed by atoms with Crippen LogP contribution in [0.5, 0.6) is 5.75 Å². The van der Waals surface area contributed by atoms with Crippen LogP contribution in [0.15, 0.2) is 12.1 Å². The Kier molecular flexibility index (Phi) is 5.39. The Hall–Kier alpha value is -0.420. The molecule has 0 aliphatic carbocycles. The minimum absolute atomic E-state index is 0.180. The summed E-state index contributed by atoms with van der Waals surface area (Å²) in [5.74, 6) is 0.980. The van der Waals surface area contributed by atoms with Crippen LogP contribution < -0.4 is 10.1 Å². The van der Waals surface area contributed by atoms with Gasteiger partial charge in [-0.25, -0.2) is 0 Å². The number of thioether (sulfide) groups is 1. The third-order valence-electron chi connectivity index (χ3n) is 3.48. The number of aliphatic hydroxyl groups excluding tert-OH is 1. The fourth-order valence-electron chi connectivity index (χ4n) is 2.32. The predicted octanol–water partition coefficient (Wildman–Crippen LogP) is 2.48. The number of hydrogen-bond acceptors (Lipinski definition) is 4. The maximum atomic E-state index is 9.29. The Labute approximate surface area is 123 Å². The van der Waals surface area contributed by atoms with Crippen molar-refractivity contribution in [2.45, 2.75) is 31.2 Å². The molecule has 106 valence electrons. The molecule has 2 unspecified atom stereocenters. The molecule has 0 saturated carbocycles. The topological polar surface area (TPSA) is 41.5 Å². The maximum absolute atomic E-state index is 9.29. The van der Waals surface area contributed by atoms with E-state index in [1.165, 1.54) is 5.56 Å². The zero-order valence-corrected chi connectivity index (χ0v) is 12.9. The average Bonchev–Trinajstić information content (AvgIpc) is 2.85. The second-order valence-corrected chi connectivity index (χ2v) is 6.29. The lowest BCUT2D eigenvalue weighted by atomic mass is 10.1. The van der Waals surface area contributed by atoms with Gasteiger partial charge >= 0.3 is 0 Å². The van der Waals surface area contributed by atoms with Crippen molar-refractivity contribution in [3.05, 3.63) is 28.3 Å². The van der Waals surface area contributed by atoms with Crippen LogP contribution >= 0.6 is 23.4 Å². The molecular formula is C14H20ClNO2S. The zero-order valence-electron chi connectivity index (χ0n) is 11.3. The van der Waals surface area contributed by atoms with E-state index in [0.717, 1.165) is 29.4 Å². The first-order valence-electron chi connectivity index (χ1n) is 6.46. The number of benzene rings is 1. The van der Waals surface area contributed by atoms with Gasteiger partial charge in [-0.15, -0.1) is 0 Å². The molecule has 0 aromatic heterocycles. The first kappa shape index (κ1) is 15.0. The molecule has 3 nitrogen and oxygen atoms in total. The molecule has 0 saturated heterocycles. The molecule has 1 aliphatic heterocycles. The van der Waals surface area contributed by atoms with Gasteiger partial charge in [-0.2, -0.15) is 11.8 Å². The summed E-state index contributed by atoms with van der Waals surface area (Å²) >= 11 is 7.81. The Morgan fingerprint density at radius 3 is 3.00 bits per heavy atom. The van der Waals surface area contributed by atoms with Gasteiger partial charge in [-0.1, -0.05) is 11.6 Å². The first-order chi connectivity index (χ1) is 9.15. The minimum Gasteiger partial charge on any atom is -0.493 e. The van der Waals surface area contributed by atoms with Crippen LogP contribution in [0.4, 0.5) is 0 Å². The summed E-state index contributed by atoms with van der Waals surface area (Å²) in [5.41, 5.74) is 2.30. The quantitative estimate of drug-likeness (QED) is 0.847. The second-order valence-electron chi connectivity index (χ2n) is 4.78. The molecular weight excluding hydrogens is 282 g/mol. The van der Waals surface area contributed by atoms with Gasteiger partial charge in [0.15, 0.2) is 0 Å². The summed E-state index contributed by atoms with van der Waals surface area (Å²) in [6, 6.07) is 4.17. The molecule has 0 bridgehead atoms. The van der Waals surface area contributed by atoms with Crippen LogP contribution in [0.1, 0.15) is 18.1 Å². The van der Waals surface area contributed by atoms with Gasteiger partial charge in [0.05, 0.1) is 13.2 Å². The molecule has 5 heteroatoms. The molecule has 2 rings (SSSR count). The Morgan fingerprint density at radius 1 is 1.53 bits per heavy atom. The SMILES string of the molecule is CSC(CO)C(C)NCc1cc(Cl)cc2c1OCC2. The van der Waals surface area contributed by atoms with Crippen molar-refractivity contribution in [1.82, 2.24) is 5.32 Å². The molecule has 1 heterocycles. The zero-order chi connectivity index (χ0) is 13.8. The lowest BCUT2D eigenvalue weighted by Gasteiger charge is -2.22. The van der Waals surface area contributed by atoms with Crippen molar-refractivity contribution in [3.63, 3.8) is 0 Å². The summed E-state index contributed by atoms with van der Waals surface area (Å²) in [5, 5.41) is 13.7. The number of halogens is 1. The molecule has 19 heavy (non-hydrogen) atoms. The number of hydrogen-bond donors (Lipinski definition) is 2. The standard InChI is InChI=1S/C14H20ClNO2S/c1-9(13(8-17)19-2)16-7-11-6-12(15)5-10-3-4-18-14(10)11/h5-6,9,13,16-17H,3-4,7-8H2,1-2H3. The summed E-state index contributed by atoms with van der Waals surface area (Å²) in [6.07, 6.45) is 2.95. The van der Waals surface area contributed by atoms with Gasteiger partial charge in [0.25, 0.3) is 0 Å². The van der Waals surface area contributed by atoms with E-state index >= 15 is 0 Å². The molecule has 0 amide bonds. The van der Waals surface area contributed by atoms with E-state index in [1.807, 2.05) is 18.4 Å². The van der Waals surface area contributed by atoms with Crippen LogP contribution in [-0.4, -0.2) is 35.9 Å². The fourth-order valence-corrected chi connectivity index (χ4v) is 3.23. The van der Waals surface area contributed by atoms with Crippen molar-refractivity contribution in [2.24, 2.45) is 0 Å². The van der Waals surface area contributed by atoms with Gasteiger partial charge in [-0.05, 0) is 30.9 Å². The fraction of sp³-hybridized carbons (Fsp3) is 0.571. The number of rotatable bonds is 6. The van der Waals surface area contributed by atoms with E-state index in [2.05, 4.69) is 12.2 Å². The van der Waals surface area contributed by atoms with E-state index in [4.69, 9.17) is 16.3 Å². The normalized spacial score (nSPS) is 16.8. The molecule has 0 fully saturated rings. The van der Waals surface area contributed by atoms with Gasteiger partial charge in [-0.3, -0.25) is 0 Å². The monoisotopic (exact) mass is 301 g/mol. The molecule has 1 aromatic carbocycles. The highest BCUT2D eigenvalue weighted by molar-refractivity contribution is 7.99. The predicted molar refractivity (Wildman–Crippen MR) is 81.3 cm³/mol. The third kappa shape index (κ3) is 3.57. The van der Waals surface area contributed by atoms with Crippen LogP contribution in [0.25, 0.3) is 0 Å². The van der Waals surface area contributed by atoms with E-state index in [-0.39, 0.29) is 17.9 Å². The van der Waals surface area contributed by atoms with E-state index in [1.54, 1.807) is 11.8 Å².